The zero-order chi connectivity index (χ0) is 15.1. The third kappa shape index (κ3) is 2.25. The highest BCUT2D eigenvalue weighted by molar-refractivity contribution is 7.21. The molecule has 0 saturated heterocycles. The Hall–Kier alpha value is -2.41. The fourth-order valence-electron chi connectivity index (χ4n) is 2.05. The fraction of sp³-hybridized carbons (Fsp3) is 0.0714. The lowest BCUT2D eigenvalue weighted by molar-refractivity contribution is -0.385. The quantitative estimate of drug-likeness (QED) is 0.519. The highest BCUT2D eigenvalue weighted by Gasteiger charge is 2.16. The van der Waals surface area contributed by atoms with Gasteiger partial charge in [0.05, 0.1) is 9.62 Å². The summed E-state index contributed by atoms with van der Waals surface area (Å²) in [7, 11) is 0. The van der Waals surface area contributed by atoms with Crippen LogP contribution in [-0.2, 0) is 0 Å². The molecule has 3 rings (SSSR count). The molecule has 0 bridgehead atoms. The molecule has 0 saturated carbocycles. The average molecular weight is 306 g/mol. The maximum atomic E-state index is 13.7. The fourth-order valence-corrected chi connectivity index (χ4v) is 3.01. The summed E-state index contributed by atoms with van der Waals surface area (Å²) >= 11 is 1.21. The van der Waals surface area contributed by atoms with E-state index in [1.54, 1.807) is 19.1 Å². The van der Waals surface area contributed by atoms with Gasteiger partial charge in [-0.2, -0.15) is 0 Å². The maximum Gasteiger partial charge on any atom is 0.272 e. The molecule has 0 atom stereocenters. The number of aromatic nitrogens is 1. The molecule has 0 aliphatic carbocycles. The van der Waals surface area contributed by atoms with Gasteiger partial charge < -0.3 is 0 Å². The molecular formula is C14H8F2N2O2S. The van der Waals surface area contributed by atoms with Crippen molar-refractivity contribution in [3.8, 4) is 10.6 Å². The predicted molar refractivity (Wildman–Crippen MR) is 76.4 cm³/mol. The van der Waals surface area contributed by atoms with Gasteiger partial charge in [-0.3, -0.25) is 10.1 Å². The van der Waals surface area contributed by atoms with Crippen LogP contribution < -0.4 is 0 Å². The van der Waals surface area contributed by atoms with Crippen LogP contribution in [0.4, 0.5) is 14.5 Å². The van der Waals surface area contributed by atoms with Crippen LogP contribution in [0, 0.1) is 28.7 Å². The van der Waals surface area contributed by atoms with Crippen LogP contribution in [0.1, 0.15) is 5.56 Å². The van der Waals surface area contributed by atoms with Gasteiger partial charge in [0.25, 0.3) is 5.69 Å². The molecule has 1 aromatic heterocycles. The number of aryl methyl sites for hydroxylation is 1. The molecule has 106 valence electrons. The van der Waals surface area contributed by atoms with Gasteiger partial charge in [0, 0.05) is 17.2 Å². The van der Waals surface area contributed by atoms with E-state index in [0.717, 1.165) is 6.07 Å². The smallest absolute Gasteiger partial charge is 0.258 e. The SMILES string of the molecule is Cc1cc(-c2nc3c(F)c(F)ccc3s2)ccc1[N+](=O)[O-]. The normalized spacial score (nSPS) is 11.0. The zero-order valence-corrected chi connectivity index (χ0v) is 11.6. The molecule has 3 aromatic rings. The summed E-state index contributed by atoms with van der Waals surface area (Å²) < 4.78 is 27.4. The summed E-state index contributed by atoms with van der Waals surface area (Å²) in [5.41, 5.74) is 1.12. The molecule has 0 aliphatic rings. The van der Waals surface area contributed by atoms with Crippen molar-refractivity contribution in [1.29, 1.82) is 0 Å². The van der Waals surface area contributed by atoms with Crippen molar-refractivity contribution in [3.05, 3.63) is 57.6 Å². The Labute approximate surface area is 121 Å². The highest BCUT2D eigenvalue weighted by atomic mass is 32.1. The number of fused-ring (bicyclic) bond motifs is 1. The molecule has 0 spiro atoms. The van der Waals surface area contributed by atoms with E-state index < -0.39 is 16.6 Å². The number of halogens is 2. The molecule has 0 amide bonds. The lowest BCUT2D eigenvalue weighted by Crippen LogP contribution is -1.91. The Balaban J connectivity index is 2.15. The summed E-state index contributed by atoms with van der Waals surface area (Å²) in [6.45, 7) is 1.62. The van der Waals surface area contributed by atoms with Crippen molar-refractivity contribution in [3.63, 3.8) is 0 Å². The predicted octanol–water partition coefficient (Wildman–Crippen LogP) is 4.46. The molecule has 21 heavy (non-hydrogen) atoms. The first-order valence-corrected chi connectivity index (χ1v) is 6.79. The van der Waals surface area contributed by atoms with Crippen LogP contribution >= 0.6 is 11.3 Å². The summed E-state index contributed by atoms with van der Waals surface area (Å²) in [6.07, 6.45) is 0. The average Bonchev–Trinajstić information content (AvgIpc) is 2.87. The van der Waals surface area contributed by atoms with Crippen molar-refractivity contribution >= 4 is 27.2 Å². The van der Waals surface area contributed by atoms with Crippen LogP contribution in [-0.4, -0.2) is 9.91 Å². The van der Waals surface area contributed by atoms with Crippen LogP contribution in [0.25, 0.3) is 20.8 Å². The highest BCUT2D eigenvalue weighted by Crippen LogP contribution is 2.33. The van der Waals surface area contributed by atoms with E-state index in [2.05, 4.69) is 4.98 Å². The minimum atomic E-state index is -0.978. The molecule has 0 radical (unpaired) electrons. The van der Waals surface area contributed by atoms with E-state index in [1.807, 2.05) is 0 Å². The number of benzene rings is 2. The van der Waals surface area contributed by atoms with Crippen LogP contribution in [0.2, 0.25) is 0 Å². The second-order valence-electron chi connectivity index (χ2n) is 4.49. The van der Waals surface area contributed by atoms with Gasteiger partial charge in [0.1, 0.15) is 10.5 Å². The molecule has 4 nitrogen and oxygen atoms in total. The first-order valence-electron chi connectivity index (χ1n) is 5.97. The third-order valence-electron chi connectivity index (χ3n) is 3.09. The molecule has 1 heterocycles. The minimum Gasteiger partial charge on any atom is -0.258 e. The monoisotopic (exact) mass is 306 g/mol. The first kappa shape index (κ1) is 13.6. The molecular weight excluding hydrogens is 298 g/mol. The van der Waals surface area contributed by atoms with E-state index in [-0.39, 0.29) is 11.2 Å². The maximum absolute atomic E-state index is 13.7. The lowest BCUT2D eigenvalue weighted by Gasteiger charge is -1.99. The van der Waals surface area contributed by atoms with Crippen molar-refractivity contribution in [1.82, 2.24) is 4.98 Å². The number of rotatable bonds is 2. The number of nitrogens with zero attached hydrogens (tertiary/aromatic N) is 2. The Morgan fingerprint density at radius 2 is 2.00 bits per heavy atom. The summed E-state index contributed by atoms with van der Waals surface area (Å²) in [5, 5.41) is 11.3. The van der Waals surface area contributed by atoms with E-state index >= 15 is 0 Å². The number of hydrogen-bond acceptors (Lipinski definition) is 4. The Kier molecular flexibility index (Phi) is 3.13. The Morgan fingerprint density at radius 3 is 2.67 bits per heavy atom. The van der Waals surface area contributed by atoms with Crippen LogP contribution in [0.5, 0.6) is 0 Å². The standard InChI is InChI=1S/C14H8F2N2O2S/c1-7-6-8(2-4-10(7)18(19)20)14-17-13-11(21-14)5-3-9(15)12(13)16/h2-6H,1H3. The topological polar surface area (TPSA) is 56.0 Å². The van der Waals surface area contributed by atoms with Crippen molar-refractivity contribution in [2.24, 2.45) is 0 Å². The second-order valence-corrected chi connectivity index (χ2v) is 5.52. The summed E-state index contributed by atoms with van der Waals surface area (Å²) in [6, 6.07) is 7.07. The number of hydrogen-bond donors (Lipinski definition) is 0. The zero-order valence-electron chi connectivity index (χ0n) is 10.8. The number of nitro groups is 1. The second kappa shape index (κ2) is 4.85. The Morgan fingerprint density at radius 1 is 1.24 bits per heavy atom. The Bertz CT molecular complexity index is 877. The third-order valence-corrected chi connectivity index (χ3v) is 4.16. The lowest BCUT2D eigenvalue weighted by atomic mass is 10.1. The van der Waals surface area contributed by atoms with Crippen molar-refractivity contribution in [2.45, 2.75) is 6.92 Å². The van der Waals surface area contributed by atoms with Crippen molar-refractivity contribution < 1.29 is 13.7 Å². The van der Waals surface area contributed by atoms with Gasteiger partial charge in [-0.15, -0.1) is 11.3 Å². The summed E-state index contributed by atoms with van der Waals surface area (Å²) in [4.78, 5) is 14.4. The van der Waals surface area contributed by atoms with E-state index in [9.17, 15) is 18.9 Å². The number of thiazole rings is 1. The summed E-state index contributed by atoms with van der Waals surface area (Å²) in [5.74, 6) is -1.92. The van der Waals surface area contributed by atoms with Crippen LogP contribution in [0.3, 0.4) is 0 Å². The van der Waals surface area contributed by atoms with E-state index in [0.29, 0.717) is 20.8 Å². The molecule has 0 unspecified atom stereocenters. The largest absolute Gasteiger partial charge is 0.272 e. The van der Waals surface area contributed by atoms with Gasteiger partial charge >= 0.3 is 0 Å². The van der Waals surface area contributed by atoms with Gasteiger partial charge in [0.15, 0.2) is 11.6 Å². The molecule has 0 fully saturated rings. The number of nitro benzene ring substituents is 1. The van der Waals surface area contributed by atoms with Crippen molar-refractivity contribution in [2.75, 3.05) is 0 Å². The van der Waals surface area contributed by atoms with E-state index in [4.69, 9.17) is 0 Å². The van der Waals surface area contributed by atoms with Gasteiger partial charge in [-0.05, 0) is 31.2 Å². The minimum absolute atomic E-state index is 0.0112. The van der Waals surface area contributed by atoms with Crippen LogP contribution in [0.15, 0.2) is 30.3 Å². The van der Waals surface area contributed by atoms with Gasteiger partial charge in [-0.25, -0.2) is 13.8 Å². The van der Waals surface area contributed by atoms with Gasteiger partial charge in [-0.1, -0.05) is 0 Å². The molecule has 7 heteroatoms. The molecule has 0 aliphatic heterocycles. The first-order chi connectivity index (χ1) is 9.97. The molecule has 2 aromatic carbocycles. The molecule has 0 N–H and O–H groups in total. The van der Waals surface area contributed by atoms with E-state index in [1.165, 1.54) is 23.5 Å². The van der Waals surface area contributed by atoms with Gasteiger partial charge in [0.2, 0.25) is 0 Å².